The smallest absolute Gasteiger partial charge is 0.318 e. The van der Waals surface area contributed by atoms with Crippen molar-refractivity contribution in [1.29, 1.82) is 0 Å². The molecule has 0 aromatic rings. The van der Waals surface area contributed by atoms with Crippen LogP contribution in [0.25, 0.3) is 0 Å². The molecule has 19 heavy (non-hydrogen) atoms. The largest absolute Gasteiger partial charge is 0.481 e. The molecule has 0 spiro atoms. The molecule has 2 N–H and O–H groups in total. The van der Waals surface area contributed by atoms with Crippen LogP contribution in [0.1, 0.15) is 47.0 Å². The van der Waals surface area contributed by atoms with E-state index >= 15 is 0 Å². The number of carboxylic acid groups (broad SMARTS) is 1. The quantitative estimate of drug-likeness (QED) is 0.725. The average Bonchev–Trinajstić information content (AvgIpc) is 2.26. The number of aliphatic carboxylic acids is 1. The van der Waals surface area contributed by atoms with Crippen molar-refractivity contribution in [1.82, 2.24) is 10.2 Å². The Kier molecular flexibility index (Phi) is 6.99. The van der Waals surface area contributed by atoms with Crippen LogP contribution in [-0.4, -0.2) is 40.1 Å². The topological polar surface area (TPSA) is 69.6 Å². The fraction of sp³-hybridized carbons (Fsp3) is 0.714. The lowest BCUT2D eigenvalue weighted by molar-refractivity contribution is -0.137. The van der Waals surface area contributed by atoms with Crippen molar-refractivity contribution >= 4 is 12.0 Å². The summed E-state index contributed by atoms with van der Waals surface area (Å²) in [6.07, 6.45) is 6.86. The van der Waals surface area contributed by atoms with Crippen LogP contribution in [0.15, 0.2) is 0 Å². The second-order valence-corrected chi connectivity index (χ2v) is 5.42. The summed E-state index contributed by atoms with van der Waals surface area (Å²) in [5.74, 6) is 1.60. The normalized spacial score (nSPS) is 12.4. The van der Waals surface area contributed by atoms with Crippen LogP contribution in [0, 0.1) is 12.3 Å². The Morgan fingerprint density at radius 2 is 2.00 bits per heavy atom. The van der Waals surface area contributed by atoms with Crippen molar-refractivity contribution in [2.75, 3.05) is 6.54 Å². The molecule has 5 nitrogen and oxygen atoms in total. The maximum atomic E-state index is 12.2. The second-order valence-electron chi connectivity index (χ2n) is 5.42. The van der Waals surface area contributed by atoms with Crippen LogP contribution in [-0.2, 0) is 4.79 Å². The molecule has 0 aromatic heterocycles. The van der Waals surface area contributed by atoms with E-state index in [1.54, 1.807) is 0 Å². The first-order valence-corrected chi connectivity index (χ1v) is 6.48. The number of hydrogen-bond acceptors (Lipinski definition) is 2. The van der Waals surface area contributed by atoms with Crippen LogP contribution in [0.4, 0.5) is 4.79 Å². The van der Waals surface area contributed by atoms with Crippen molar-refractivity contribution in [3.8, 4) is 12.3 Å². The first-order chi connectivity index (χ1) is 8.72. The molecule has 0 aliphatic heterocycles. The molecule has 0 aromatic carbocycles. The summed E-state index contributed by atoms with van der Waals surface area (Å²) >= 11 is 0. The van der Waals surface area contributed by atoms with Crippen molar-refractivity contribution in [2.24, 2.45) is 0 Å². The van der Waals surface area contributed by atoms with E-state index in [0.29, 0.717) is 6.42 Å². The van der Waals surface area contributed by atoms with E-state index in [4.69, 9.17) is 11.5 Å². The molecule has 0 aliphatic carbocycles. The molecule has 0 bridgehead atoms. The molecule has 0 fully saturated rings. The number of terminal acetylenes is 1. The van der Waals surface area contributed by atoms with Gasteiger partial charge in [0.25, 0.3) is 0 Å². The number of carbonyl (C=O) groups is 2. The Morgan fingerprint density at radius 3 is 2.37 bits per heavy atom. The van der Waals surface area contributed by atoms with E-state index < -0.39 is 11.5 Å². The van der Waals surface area contributed by atoms with Gasteiger partial charge in [-0.05, 0) is 27.2 Å². The second kappa shape index (κ2) is 7.67. The van der Waals surface area contributed by atoms with Crippen molar-refractivity contribution in [3.63, 3.8) is 0 Å². The third kappa shape index (κ3) is 6.70. The molecule has 0 radical (unpaired) electrons. The molecule has 1 atom stereocenters. The van der Waals surface area contributed by atoms with Gasteiger partial charge in [0, 0.05) is 12.1 Å². The molecule has 108 valence electrons. The predicted octanol–water partition coefficient (Wildman–Crippen LogP) is 2.07. The molecular formula is C14H24N2O3. The highest BCUT2D eigenvalue weighted by Gasteiger charge is 2.27. The molecule has 1 unspecified atom stereocenters. The fourth-order valence-electron chi connectivity index (χ4n) is 1.66. The van der Waals surface area contributed by atoms with E-state index in [-0.39, 0.29) is 25.0 Å². The first-order valence-electron chi connectivity index (χ1n) is 6.48. The maximum Gasteiger partial charge on any atom is 0.318 e. The lowest BCUT2D eigenvalue weighted by atomic mass is 10.1. The number of nitrogens with zero attached hydrogens (tertiary/aromatic N) is 1. The molecule has 0 saturated carbocycles. The van der Waals surface area contributed by atoms with Gasteiger partial charge in [0.15, 0.2) is 0 Å². The van der Waals surface area contributed by atoms with Gasteiger partial charge < -0.3 is 15.3 Å². The minimum atomic E-state index is -0.927. The van der Waals surface area contributed by atoms with Crippen LogP contribution >= 0.6 is 0 Å². The standard InChI is InChI=1S/C14H24N2O3/c1-6-8-11(7-2)15-13(19)16(14(3,4)5)10-9-12(17)18/h2,11H,6,8-10H2,1,3-5H3,(H,15,19)(H,17,18). The van der Waals surface area contributed by atoms with Gasteiger partial charge in [-0.3, -0.25) is 4.79 Å². The average molecular weight is 268 g/mol. The zero-order valence-electron chi connectivity index (χ0n) is 12.2. The van der Waals surface area contributed by atoms with Crippen molar-refractivity contribution in [2.45, 2.75) is 58.5 Å². The summed E-state index contributed by atoms with van der Waals surface area (Å²) in [6.45, 7) is 7.73. The number of rotatable bonds is 6. The molecule has 0 saturated heterocycles. The minimum absolute atomic E-state index is 0.0841. The fourth-order valence-corrected chi connectivity index (χ4v) is 1.66. The number of carboxylic acids is 1. The van der Waals surface area contributed by atoms with E-state index in [0.717, 1.165) is 6.42 Å². The van der Waals surface area contributed by atoms with Crippen LogP contribution < -0.4 is 5.32 Å². The number of nitrogens with one attached hydrogen (secondary N) is 1. The molecule has 0 aliphatic rings. The first kappa shape index (κ1) is 17.3. The van der Waals surface area contributed by atoms with E-state index in [1.807, 2.05) is 27.7 Å². The maximum absolute atomic E-state index is 12.2. The van der Waals surface area contributed by atoms with Gasteiger partial charge in [0.05, 0.1) is 12.5 Å². The van der Waals surface area contributed by atoms with E-state index in [2.05, 4.69) is 11.2 Å². The zero-order chi connectivity index (χ0) is 15.1. The number of urea groups is 1. The molecular weight excluding hydrogens is 244 g/mol. The van der Waals surface area contributed by atoms with Gasteiger partial charge in [0.2, 0.25) is 0 Å². The molecule has 5 heteroatoms. The Labute approximate surface area is 115 Å². The van der Waals surface area contributed by atoms with E-state index in [9.17, 15) is 9.59 Å². The van der Waals surface area contributed by atoms with Crippen LogP contribution in [0.3, 0.4) is 0 Å². The highest BCUT2D eigenvalue weighted by atomic mass is 16.4. The summed E-state index contributed by atoms with van der Waals surface area (Å²) in [7, 11) is 0. The third-order valence-corrected chi connectivity index (χ3v) is 2.68. The van der Waals surface area contributed by atoms with Gasteiger partial charge in [0.1, 0.15) is 0 Å². The molecule has 0 rings (SSSR count). The lowest BCUT2D eigenvalue weighted by Gasteiger charge is -2.36. The van der Waals surface area contributed by atoms with Gasteiger partial charge in [-0.1, -0.05) is 19.3 Å². The number of carbonyl (C=O) groups excluding carboxylic acids is 1. The minimum Gasteiger partial charge on any atom is -0.481 e. The molecule has 2 amide bonds. The lowest BCUT2D eigenvalue weighted by Crippen LogP contribution is -2.53. The van der Waals surface area contributed by atoms with Crippen LogP contribution in [0.5, 0.6) is 0 Å². The number of amides is 2. The summed E-state index contributed by atoms with van der Waals surface area (Å²) in [6, 6.07) is -0.627. The van der Waals surface area contributed by atoms with Crippen LogP contribution in [0.2, 0.25) is 0 Å². The van der Waals surface area contributed by atoms with Crippen molar-refractivity contribution < 1.29 is 14.7 Å². The van der Waals surface area contributed by atoms with Gasteiger partial charge >= 0.3 is 12.0 Å². The summed E-state index contributed by atoms with van der Waals surface area (Å²) in [5.41, 5.74) is -0.453. The highest BCUT2D eigenvalue weighted by molar-refractivity contribution is 5.76. The summed E-state index contributed by atoms with van der Waals surface area (Å²) in [4.78, 5) is 24.3. The Hall–Kier alpha value is -1.70. The highest BCUT2D eigenvalue weighted by Crippen LogP contribution is 2.14. The Morgan fingerprint density at radius 1 is 1.42 bits per heavy atom. The third-order valence-electron chi connectivity index (χ3n) is 2.68. The molecule has 0 heterocycles. The van der Waals surface area contributed by atoms with E-state index in [1.165, 1.54) is 4.90 Å². The summed E-state index contributed by atoms with van der Waals surface area (Å²) in [5, 5.41) is 11.5. The van der Waals surface area contributed by atoms with Gasteiger partial charge in [-0.25, -0.2) is 4.79 Å². The van der Waals surface area contributed by atoms with Gasteiger partial charge in [-0.15, -0.1) is 6.42 Å². The Balaban J connectivity index is 4.72. The summed E-state index contributed by atoms with van der Waals surface area (Å²) < 4.78 is 0. The monoisotopic (exact) mass is 268 g/mol. The Bertz CT molecular complexity index is 353. The zero-order valence-corrected chi connectivity index (χ0v) is 12.2. The number of hydrogen-bond donors (Lipinski definition) is 2. The van der Waals surface area contributed by atoms with Crippen molar-refractivity contribution in [3.05, 3.63) is 0 Å². The SMILES string of the molecule is C#CC(CCC)NC(=O)N(CCC(=O)O)C(C)(C)C. The van der Waals surface area contributed by atoms with Gasteiger partial charge in [-0.2, -0.15) is 0 Å². The predicted molar refractivity (Wildman–Crippen MR) is 74.8 cm³/mol.